The lowest BCUT2D eigenvalue weighted by Gasteiger charge is -2.46. The van der Waals surface area contributed by atoms with Crippen molar-refractivity contribution in [2.24, 2.45) is 0 Å². The summed E-state index contributed by atoms with van der Waals surface area (Å²) >= 11 is 0. The molecule has 15 nitrogen and oxygen atoms in total. The molecule has 0 unspecified atom stereocenters. The maximum Gasteiger partial charge on any atom is 0.217 e. The second kappa shape index (κ2) is 23.4. The van der Waals surface area contributed by atoms with Gasteiger partial charge in [0, 0.05) is 48.8 Å². The van der Waals surface area contributed by atoms with Crippen LogP contribution >= 0.6 is 0 Å². The Hall–Kier alpha value is -6.45. The topological polar surface area (TPSA) is 159 Å². The fourth-order valence-electron chi connectivity index (χ4n) is 10.2. The summed E-state index contributed by atoms with van der Waals surface area (Å²) in [4.78, 5) is 67.1. The molecular weight excluding hydrogens is 897 g/mol. The van der Waals surface area contributed by atoms with E-state index in [1.807, 2.05) is 61.6 Å². The van der Waals surface area contributed by atoms with Crippen LogP contribution in [-0.2, 0) is 38.4 Å². The van der Waals surface area contributed by atoms with Crippen LogP contribution in [0.4, 0.5) is 0 Å². The first-order valence-corrected chi connectivity index (χ1v) is 23.9. The summed E-state index contributed by atoms with van der Waals surface area (Å²) in [6.45, 7) is 1.59. The number of methoxy groups -OCH3 is 8. The number of unbranched alkanes of at least 4 members (excludes halogenated alkanes) is 2. The second-order valence-corrected chi connectivity index (χ2v) is 18.7. The van der Waals surface area contributed by atoms with Gasteiger partial charge in [0.1, 0.15) is 18.6 Å². The predicted octanol–water partition coefficient (Wildman–Crippen LogP) is 7.68. The lowest BCUT2D eigenvalue weighted by Crippen LogP contribution is -2.55. The summed E-state index contributed by atoms with van der Waals surface area (Å²) in [7, 11) is 16.8. The smallest absolute Gasteiger partial charge is 0.217 e. The van der Waals surface area contributed by atoms with Crippen molar-refractivity contribution in [1.82, 2.24) is 0 Å². The van der Waals surface area contributed by atoms with E-state index in [1.165, 1.54) is 7.11 Å². The lowest BCUT2D eigenvalue weighted by molar-refractivity contribution is -0.940. The molecule has 4 aromatic carbocycles. The van der Waals surface area contributed by atoms with E-state index in [1.54, 1.807) is 55.8 Å². The molecule has 0 bridgehead atoms. The fraction of sp³-hybridized carbons (Fsp3) is 0.473. The van der Waals surface area contributed by atoms with E-state index in [4.69, 9.17) is 37.9 Å². The van der Waals surface area contributed by atoms with Gasteiger partial charge in [-0.2, -0.15) is 0 Å². The van der Waals surface area contributed by atoms with Gasteiger partial charge in [-0.15, -0.1) is 0 Å². The van der Waals surface area contributed by atoms with Crippen LogP contribution in [0.1, 0.15) is 95.2 Å². The summed E-state index contributed by atoms with van der Waals surface area (Å²) < 4.78 is 45.4. The first kappa shape index (κ1) is 52.9. The molecule has 0 N–H and O–H groups in total. The minimum absolute atomic E-state index is 0.0357. The van der Waals surface area contributed by atoms with E-state index in [0.29, 0.717) is 94.7 Å². The number of ether oxygens (including phenoxy) is 8. The minimum Gasteiger partial charge on any atom is -0.493 e. The van der Waals surface area contributed by atoms with Crippen LogP contribution in [0.3, 0.4) is 0 Å². The van der Waals surface area contributed by atoms with E-state index in [2.05, 4.69) is 7.05 Å². The first-order valence-electron chi connectivity index (χ1n) is 23.9. The summed E-state index contributed by atoms with van der Waals surface area (Å²) in [5, 5.41) is 0. The van der Waals surface area contributed by atoms with Crippen molar-refractivity contribution in [3.63, 3.8) is 0 Å². The Balaban J connectivity index is 1.04. The molecule has 2 heterocycles. The Labute approximate surface area is 412 Å². The third-order valence-corrected chi connectivity index (χ3v) is 14.5. The number of Topliss-reactive ketones (excluding diaryl/α,β-unsaturated/α-hetero) is 5. The third kappa shape index (κ3) is 11.8. The molecule has 0 saturated heterocycles. The summed E-state index contributed by atoms with van der Waals surface area (Å²) in [6.07, 6.45) is 3.41. The van der Waals surface area contributed by atoms with Crippen molar-refractivity contribution in [3.8, 4) is 46.0 Å². The molecular formula is C55H70N2O13+2. The van der Waals surface area contributed by atoms with Crippen LogP contribution in [0, 0.1) is 0 Å². The van der Waals surface area contributed by atoms with Gasteiger partial charge in [0.2, 0.25) is 17.3 Å². The van der Waals surface area contributed by atoms with Crippen molar-refractivity contribution >= 4 is 28.9 Å². The zero-order valence-electron chi connectivity index (χ0n) is 42.5. The van der Waals surface area contributed by atoms with Gasteiger partial charge in [0.15, 0.2) is 57.6 Å². The maximum atomic E-state index is 13.8. The molecule has 2 aliphatic rings. The van der Waals surface area contributed by atoms with Crippen LogP contribution < -0.4 is 37.9 Å². The SMILES string of the molecule is COc1ccc(C[C@@H]2c3cc(OC)c(OC)cc3CC[N@+]2(C)CCC(=O)C(=O)CCCCCC(=O)C(=O)CC[N@@+]2(C)CC(=O)c3cc(OC)c(OC)cc3[C@H]2Cc2ccc(OC)c(OC)c2)cc1OC. The van der Waals surface area contributed by atoms with Gasteiger partial charge < -0.3 is 46.9 Å². The molecule has 0 saturated carbocycles. The molecule has 0 fully saturated rings. The Morgan fingerprint density at radius 1 is 0.471 bits per heavy atom. The average molecular weight is 967 g/mol. The lowest BCUT2D eigenvalue weighted by atomic mass is 9.85. The second-order valence-electron chi connectivity index (χ2n) is 18.7. The van der Waals surface area contributed by atoms with Crippen LogP contribution in [0.15, 0.2) is 60.7 Å². The number of rotatable bonds is 26. The molecule has 4 atom stereocenters. The van der Waals surface area contributed by atoms with Crippen LogP contribution in [0.25, 0.3) is 0 Å². The number of ketones is 5. The molecule has 15 heteroatoms. The molecule has 0 radical (unpaired) electrons. The zero-order chi connectivity index (χ0) is 50.8. The Kier molecular flexibility index (Phi) is 17.7. The van der Waals surface area contributed by atoms with Crippen molar-refractivity contribution < 1.29 is 70.8 Å². The molecule has 0 spiro atoms. The number of fused-ring (bicyclic) bond motifs is 2. The number of benzene rings is 4. The molecule has 0 aromatic heterocycles. The van der Waals surface area contributed by atoms with E-state index in [9.17, 15) is 24.0 Å². The van der Waals surface area contributed by atoms with Gasteiger partial charge in [0.25, 0.3) is 0 Å². The van der Waals surface area contributed by atoms with E-state index in [-0.39, 0.29) is 61.1 Å². The van der Waals surface area contributed by atoms with Crippen molar-refractivity contribution in [3.05, 3.63) is 94.0 Å². The number of hydrogen-bond donors (Lipinski definition) is 0. The van der Waals surface area contributed by atoms with Gasteiger partial charge in [-0.1, -0.05) is 18.6 Å². The van der Waals surface area contributed by atoms with E-state index >= 15 is 0 Å². The molecule has 0 aliphatic carbocycles. The highest BCUT2D eigenvalue weighted by Crippen LogP contribution is 2.45. The Bertz CT molecular complexity index is 2570. The predicted molar refractivity (Wildman–Crippen MR) is 263 cm³/mol. The zero-order valence-corrected chi connectivity index (χ0v) is 42.5. The van der Waals surface area contributed by atoms with Crippen LogP contribution in [-0.4, -0.2) is 135 Å². The molecule has 4 aromatic rings. The fourth-order valence-corrected chi connectivity index (χ4v) is 10.2. The molecule has 2 aliphatic heterocycles. The quantitative estimate of drug-likeness (QED) is 0.0343. The van der Waals surface area contributed by atoms with Crippen LogP contribution in [0.2, 0.25) is 0 Å². The maximum absolute atomic E-state index is 13.8. The van der Waals surface area contributed by atoms with E-state index in [0.717, 1.165) is 40.8 Å². The molecule has 376 valence electrons. The Morgan fingerprint density at radius 2 is 0.871 bits per heavy atom. The highest BCUT2D eigenvalue weighted by Gasteiger charge is 2.45. The standard InChI is InChI=1S/C55H70N2O13/c1-56(23-20-37-30-52(67-7)53(68-8)31-38(37)41(56)26-35-16-18-48(63-3)50(28-35)65-5)24-21-45(60)43(58)14-12-11-13-15-44(59)46(61)22-25-57(2)34-47(62)40-33-55(70-10)54(69-9)32-39(40)42(57)27-36-17-19-49(64-4)51(29-36)66-6/h16-19,28-33,41-42H,11-15,20-27,34H2,1-10H3/q+2/t41-,42-,56-,57+/m1/s1. The summed E-state index contributed by atoms with van der Waals surface area (Å²) in [5.74, 6) is 2.72. The van der Waals surface area contributed by atoms with Gasteiger partial charge >= 0.3 is 0 Å². The number of likely N-dealkylation sites (N-methyl/N-ethyl adjacent to an activating group) is 2. The average Bonchev–Trinajstić information content (AvgIpc) is 3.37. The third-order valence-electron chi connectivity index (χ3n) is 14.5. The minimum atomic E-state index is -0.500. The monoisotopic (exact) mass is 966 g/mol. The number of carbonyl (C=O) groups is 5. The Morgan fingerprint density at radius 3 is 1.36 bits per heavy atom. The van der Waals surface area contributed by atoms with Gasteiger partial charge in [-0.05, 0) is 78.1 Å². The normalized spacial score (nSPS) is 19.3. The number of hydrogen-bond acceptors (Lipinski definition) is 13. The van der Waals surface area contributed by atoms with Gasteiger partial charge in [-0.3, -0.25) is 24.0 Å². The number of nitrogens with zero attached hydrogens (tertiary/aromatic N) is 2. The van der Waals surface area contributed by atoms with Gasteiger partial charge in [-0.25, -0.2) is 0 Å². The highest BCUT2D eigenvalue weighted by molar-refractivity contribution is 6.37. The van der Waals surface area contributed by atoms with Crippen molar-refractivity contribution in [2.45, 2.75) is 76.3 Å². The number of quaternary nitrogens is 2. The molecule has 6 rings (SSSR count). The number of carbonyl (C=O) groups excluding carboxylic acids is 5. The summed E-state index contributed by atoms with van der Waals surface area (Å²) in [6, 6.07) is 18.9. The largest absolute Gasteiger partial charge is 0.493 e. The van der Waals surface area contributed by atoms with Crippen LogP contribution in [0.5, 0.6) is 46.0 Å². The first-order chi connectivity index (χ1) is 33.6. The van der Waals surface area contributed by atoms with E-state index < -0.39 is 23.1 Å². The van der Waals surface area contributed by atoms with Gasteiger partial charge in [0.05, 0.1) is 103 Å². The van der Waals surface area contributed by atoms with Crippen molar-refractivity contribution in [1.29, 1.82) is 0 Å². The molecule has 70 heavy (non-hydrogen) atoms. The van der Waals surface area contributed by atoms with Crippen molar-refractivity contribution in [2.75, 3.05) is 97.2 Å². The molecule has 0 amide bonds. The highest BCUT2D eigenvalue weighted by atomic mass is 16.5. The summed E-state index contributed by atoms with van der Waals surface area (Å²) in [5.41, 5.74) is 5.53.